The average Bonchev–Trinajstić information content (AvgIpc) is 2.84. The van der Waals surface area contributed by atoms with Crippen LogP contribution in [0.15, 0.2) is 24.3 Å². The van der Waals surface area contributed by atoms with Crippen molar-refractivity contribution in [3.8, 4) is 0 Å². The fourth-order valence-electron chi connectivity index (χ4n) is 2.41. The molecule has 1 heterocycles. The molecule has 110 valence electrons. The fourth-order valence-corrected chi connectivity index (χ4v) is 2.59. The molecule has 1 aliphatic rings. The van der Waals surface area contributed by atoms with Crippen LogP contribution in [0, 0.1) is 0 Å². The highest BCUT2D eigenvalue weighted by Gasteiger charge is 2.35. The fraction of sp³-hybridized carbons (Fsp3) is 0.286. The number of aromatic nitrogens is 2. The van der Waals surface area contributed by atoms with Gasteiger partial charge in [0.25, 0.3) is 0 Å². The lowest BCUT2D eigenvalue weighted by Crippen LogP contribution is -2.12. The van der Waals surface area contributed by atoms with E-state index in [1.54, 1.807) is 0 Å². The molecule has 0 saturated carbocycles. The maximum atomic E-state index is 12.7. The standard InChI is InChI=1S/C14H11ClF3N3/c15-11-7-12(21-13(20-11)14(16,17)18)19-10-5-4-8-2-1-3-9(8)6-10/h4-7H,1-3H2,(H,19,20,21). The molecule has 0 spiro atoms. The van der Waals surface area contributed by atoms with Crippen molar-refractivity contribution in [3.05, 3.63) is 46.4 Å². The van der Waals surface area contributed by atoms with Crippen molar-refractivity contribution in [2.75, 3.05) is 5.32 Å². The summed E-state index contributed by atoms with van der Waals surface area (Å²) < 4.78 is 38.0. The van der Waals surface area contributed by atoms with E-state index in [2.05, 4.69) is 15.3 Å². The Kier molecular flexibility index (Phi) is 3.49. The van der Waals surface area contributed by atoms with Crippen LogP contribution in [0.25, 0.3) is 0 Å². The topological polar surface area (TPSA) is 37.8 Å². The zero-order chi connectivity index (χ0) is 15.0. The van der Waals surface area contributed by atoms with Crippen LogP contribution >= 0.6 is 11.6 Å². The predicted molar refractivity (Wildman–Crippen MR) is 73.8 cm³/mol. The van der Waals surface area contributed by atoms with Crippen LogP contribution in [0.1, 0.15) is 23.4 Å². The van der Waals surface area contributed by atoms with Gasteiger partial charge in [-0.1, -0.05) is 17.7 Å². The molecule has 0 unspecified atom stereocenters. The molecule has 0 bridgehead atoms. The van der Waals surface area contributed by atoms with E-state index in [9.17, 15) is 13.2 Å². The summed E-state index contributed by atoms with van der Waals surface area (Å²) in [7, 11) is 0. The monoisotopic (exact) mass is 313 g/mol. The van der Waals surface area contributed by atoms with Gasteiger partial charge < -0.3 is 5.32 Å². The Bertz CT molecular complexity index is 686. The van der Waals surface area contributed by atoms with Gasteiger partial charge in [0.05, 0.1) is 0 Å². The highest BCUT2D eigenvalue weighted by atomic mass is 35.5. The van der Waals surface area contributed by atoms with E-state index in [1.165, 1.54) is 17.2 Å². The third kappa shape index (κ3) is 3.10. The molecule has 1 aromatic heterocycles. The minimum atomic E-state index is -4.63. The third-order valence-electron chi connectivity index (χ3n) is 3.32. The second-order valence-electron chi connectivity index (χ2n) is 4.86. The molecule has 0 radical (unpaired) electrons. The van der Waals surface area contributed by atoms with Gasteiger partial charge in [0.15, 0.2) is 0 Å². The quantitative estimate of drug-likeness (QED) is 0.836. The number of rotatable bonds is 2. The number of alkyl halides is 3. The number of nitrogens with one attached hydrogen (secondary N) is 1. The molecule has 0 atom stereocenters. The number of hydrogen-bond donors (Lipinski definition) is 1. The van der Waals surface area contributed by atoms with E-state index in [0.717, 1.165) is 19.3 Å². The van der Waals surface area contributed by atoms with Crippen molar-refractivity contribution in [3.63, 3.8) is 0 Å². The Morgan fingerprint density at radius 2 is 1.81 bits per heavy atom. The number of fused-ring (bicyclic) bond motifs is 1. The van der Waals surface area contributed by atoms with Gasteiger partial charge in [-0.2, -0.15) is 13.2 Å². The second kappa shape index (κ2) is 5.18. The summed E-state index contributed by atoms with van der Waals surface area (Å²) in [4.78, 5) is 6.66. The Morgan fingerprint density at radius 3 is 2.57 bits per heavy atom. The van der Waals surface area contributed by atoms with E-state index in [4.69, 9.17) is 11.6 Å². The molecule has 0 fully saturated rings. The highest BCUT2D eigenvalue weighted by Crippen LogP contribution is 2.30. The lowest BCUT2D eigenvalue weighted by atomic mass is 10.1. The molecule has 0 saturated heterocycles. The van der Waals surface area contributed by atoms with Gasteiger partial charge in [0, 0.05) is 11.8 Å². The van der Waals surface area contributed by atoms with Crippen LogP contribution in [0.3, 0.4) is 0 Å². The van der Waals surface area contributed by atoms with Crippen LogP contribution in [-0.2, 0) is 19.0 Å². The first-order valence-electron chi connectivity index (χ1n) is 6.42. The van der Waals surface area contributed by atoms with E-state index >= 15 is 0 Å². The smallest absolute Gasteiger partial charge is 0.340 e. The first kappa shape index (κ1) is 14.1. The summed E-state index contributed by atoms with van der Waals surface area (Å²) in [6, 6.07) is 7.02. The summed E-state index contributed by atoms with van der Waals surface area (Å²) in [5.74, 6) is -1.22. The predicted octanol–water partition coefficient (Wildman–Crippen LogP) is 4.38. The summed E-state index contributed by atoms with van der Waals surface area (Å²) in [6.07, 6.45) is -1.48. The Balaban J connectivity index is 1.89. The van der Waals surface area contributed by atoms with E-state index in [-0.39, 0.29) is 11.0 Å². The maximum absolute atomic E-state index is 12.7. The molecule has 1 N–H and O–H groups in total. The normalized spacial score (nSPS) is 14.1. The number of aryl methyl sites for hydroxylation is 2. The summed E-state index contributed by atoms with van der Waals surface area (Å²) >= 11 is 5.62. The van der Waals surface area contributed by atoms with Crippen LogP contribution in [0.4, 0.5) is 24.7 Å². The third-order valence-corrected chi connectivity index (χ3v) is 3.51. The summed E-state index contributed by atoms with van der Waals surface area (Å²) in [5, 5.41) is 2.60. The van der Waals surface area contributed by atoms with Gasteiger partial charge in [0.2, 0.25) is 5.82 Å². The number of nitrogens with zero attached hydrogens (tertiary/aromatic N) is 2. The first-order chi connectivity index (χ1) is 9.91. The molecule has 3 rings (SSSR count). The van der Waals surface area contributed by atoms with E-state index < -0.39 is 12.0 Å². The van der Waals surface area contributed by atoms with Crippen molar-refractivity contribution in [1.29, 1.82) is 0 Å². The minimum Gasteiger partial charge on any atom is -0.340 e. The molecule has 2 aromatic rings. The SMILES string of the molecule is FC(F)(F)c1nc(Cl)cc(Nc2ccc3c(c2)CCC3)n1. The van der Waals surface area contributed by atoms with Crippen LogP contribution < -0.4 is 5.32 Å². The minimum absolute atomic E-state index is 0.0280. The van der Waals surface area contributed by atoms with Crippen molar-refractivity contribution >= 4 is 23.1 Å². The molecule has 1 aromatic carbocycles. The van der Waals surface area contributed by atoms with Gasteiger partial charge in [-0.05, 0) is 42.5 Å². The van der Waals surface area contributed by atoms with Crippen molar-refractivity contribution in [2.24, 2.45) is 0 Å². The number of hydrogen-bond acceptors (Lipinski definition) is 3. The largest absolute Gasteiger partial charge is 0.451 e. The zero-order valence-corrected chi connectivity index (χ0v) is 11.6. The van der Waals surface area contributed by atoms with Crippen molar-refractivity contribution < 1.29 is 13.2 Å². The Labute approximate surface area is 124 Å². The molecule has 3 nitrogen and oxygen atoms in total. The van der Waals surface area contributed by atoms with E-state index in [0.29, 0.717) is 5.69 Å². The van der Waals surface area contributed by atoms with Gasteiger partial charge in [0.1, 0.15) is 11.0 Å². The second-order valence-corrected chi connectivity index (χ2v) is 5.25. The maximum Gasteiger partial charge on any atom is 0.451 e. The molecular weight excluding hydrogens is 303 g/mol. The average molecular weight is 314 g/mol. The summed E-state index contributed by atoms with van der Waals surface area (Å²) in [5.41, 5.74) is 3.20. The van der Waals surface area contributed by atoms with Crippen LogP contribution in [0.5, 0.6) is 0 Å². The van der Waals surface area contributed by atoms with Gasteiger partial charge in [-0.25, -0.2) is 9.97 Å². The molecule has 0 amide bonds. The Morgan fingerprint density at radius 1 is 1.05 bits per heavy atom. The van der Waals surface area contributed by atoms with Crippen molar-refractivity contribution in [1.82, 2.24) is 9.97 Å². The molecular formula is C14H11ClF3N3. The van der Waals surface area contributed by atoms with Crippen LogP contribution in [-0.4, -0.2) is 9.97 Å². The van der Waals surface area contributed by atoms with Gasteiger partial charge in [-0.3, -0.25) is 0 Å². The number of anilines is 2. The molecule has 0 aliphatic heterocycles. The van der Waals surface area contributed by atoms with Gasteiger partial charge >= 0.3 is 6.18 Å². The molecule has 21 heavy (non-hydrogen) atoms. The first-order valence-corrected chi connectivity index (χ1v) is 6.80. The summed E-state index contributed by atoms with van der Waals surface area (Å²) in [6.45, 7) is 0. The van der Waals surface area contributed by atoms with E-state index in [1.807, 2.05) is 18.2 Å². The molecule has 1 aliphatic carbocycles. The highest BCUT2D eigenvalue weighted by molar-refractivity contribution is 6.29. The lowest BCUT2D eigenvalue weighted by Gasteiger charge is -2.10. The lowest BCUT2D eigenvalue weighted by molar-refractivity contribution is -0.144. The number of halogens is 4. The molecule has 7 heteroatoms. The Hall–Kier alpha value is -1.82. The number of benzene rings is 1. The zero-order valence-electron chi connectivity index (χ0n) is 10.8. The van der Waals surface area contributed by atoms with Crippen molar-refractivity contribution in [2.45, 2.75) is 25.4 Å². The van der Waals surface area contributed by atoms with Crippen LogP contribution in [0.2, 0.25) is 5.15 Å². The van der Waals surface area contributed by atoms with Gasteiger partial charge in [-0.15, -0.1) is 0 Å².